The lowest BCUT2D eigenvalue weighted by Gasteiger charge is -2.15. The lowest BCUT2D eigenvalue weighted by molar-refractivity contribution is -0.0505. The van der Waals surface area contributed by atoms with Gasteiger partial charge in [0.1, 0.15) is 5.75 Å². The summed E-state index contributed by atoms with van der Waals surface area (Å²) in [5.74, 6) is 2.80. The van der Waals surface area contributed by atoms with E-state index in [1.165, 1.54) is 6.07 Å². The van der Waals surface area contributed by atoms with Crippen LogP contribution in [0.2, 0.25) is 0 Å². The van der Waals surface area contributed by atoms with Gasteiger partial charge in [-0.15, -0.1) is 24.0 Å². The van der Waals surface area contributed by atoms with E-state index in [4.69, 9.17) is 18.9 Å². The highest BCUT2D eigenvalue weighted by Crippen LogP contribution is 2.38. The van der Waals surface area contributed by atoms with Gasteiger partial charge in [0.05, 0.1) is 6.54 Å². The van der Waals surface area contributed by atoms with Crippen LogP contribution in [0.25, 0.3) is 0 Å². The number of guanidine groups is 1. The van der Waals surface area contributed by atoms with Crippen molar-refractivity contribution in [3.05, 3.63) is 41.5 Å². The Kier molecular flexibility index (Phi) is 7.82. The number of ether oxygens (including phenoxy) is 5. The highest BCUT2D eigenvalue weighted by atomic mass is 127. The van der Waals surface area contributed by atoms with Crippen LogP contribution in [-0.2, 0) is 13.1 Å². The quantitative estimate of drug-likeness (QED) is 0.310. The molecule has 0 fully saturated rings. The van der Waals surface area contributed by atoms with Crippen LogP contribution >= 0.6 is 24.0 Å². The Hall–Kier alpha value is -2.70. The zero-order chi connectivity index (χ0) is 20.9. The van der Waals surface area contributed by atoms with E-state index in [1.807, 2.05) is 25.1 Å². The number of nitrogens with one attached hydrogen (secondary N) is 2. The first-order valence-electron chi connectivity index (χ1n) is 9.40. The minimum absolute atomic E-state index is 0. The average molecular weight is 549 g/mol. The third-order valence-corrected chi connectivity index (χ3v) is 4.42. The van der Waals surface area contributed by atoms with Gasteiger partial charge in [0.2, 0.25) is 13.6 Å². The van der Waals surface area contributed by atoms with Gasteiger partial charge in [0, 0.05) is 24.7 Å². The van der Waals surface area contributed by atoms with E-state index >= 15 is 0 Å². The monoisotopic (exact) mass is 549 g/mol. The van der Waals surface area contributed by atoms with Gasteiger partial charge in [0.15, 0.2) is 29.0 Å². The molecule has 0 saturated heterocycles. The normalized spacial score (nSPS) is 13.7. The molecule has 2 heterocycles. The Morgan fingerprint density at radius 2 is 1.68 bits per heavy atom. The van der Waals surface area contributed by atoms with Crippen molar-refractivity contribution >= 4 is 29.9 Å². The van der Waals surface area contributed by atoms with Gasteiger partial charge in [-0.05, 0) is 30.7 Å². The number of hydrogen-bond donors (Lipinski definition) is 2. The minimum atomic E-state index is -2.95. The molecule has 0 unspecified atom stereocenters. The molecule has 2 aromatic carbocycles. The summed E-state index contributed by atoms with van der Waals surface area (Å²) in [5, 5.41) is 6.25. The van der Waals surface area contributed by atoms with E-state index in [1.54, 1.807) is 6.07 Å². The molecule has 0 saturated carbocycles. The Bertz CT molecular complexity index is 945. The molecule has 4 rings (SSSR count). The van der Waals surface area contributed by atoms with E-state index in [9.17, 15) is 8.78 Å². The molecule has 0 atom stereocenters. The fourth-order valence-electron chi connectivity index (χ4n) is 3.04. The summed E-state index contributed by atoms with van der Waals surface area (Å²) in [6.07, 6.45) is 0. The number of nitrogens with zero attached hydrogens (tertiary/aromatic N) is 1. The number of fused-ring (bicyclic) bond motifs is 2. The molecule has 0 radical (unpaired) electrons. The second kappa shape index (κ2) is 10.6. The summed E-state index contributed by atoms with van der Waals surface area (Å²) in [7, 11) is 0. The van der Waals surface area contributed by atoms with Crippen LogP contribution in [0.4, 0.5) is 8.78 Å². The number of hydrogen-bond acceptors (Lipinski definition) is 6. The summed E-state index contributed by atoms with van der Waals surface area (Å²) in [6.45, 7) is 0.472. The Morgan fingerprint density at radius 1 is 1.00 bits per heavy atom. The molecule has 0 bridgehead atoms. The first kappa shape index (κ1) is 23.0. The van der Waals surface area contributed by atoms with Crippen LogP contribution in [0.5, 0.6) is 28.7 Å². The summed E-state index contributed by atoms with van der Waals surface area (Å²) >= 11 is 0. The molecular weight excluding hydrogens is 527 g/mol. The number of benzene rings is 2. The number of rotatable bonds is 7. The predicted molar refractivity (Wildman–Crippen MR) is 119 cm³/mol. The van der Waals surface area contributed by atoms with E-state index in [-0.39, 0.29) is 49.9 Å². The number of halogens is 3. The second-order valence-electron chi connectivity index (χ2n) is 6.43. The summed E-state index contributed by atoms with van der Waals surface area (Å²) in [4.78, 5) is 4.54. The van der Waals surface area contributed by atoms with Gasteiger partial charge in [-0.3, -0.25) is 0 Å². The Balaban J connectivity index is 0.00000272. The van der Waals surface area contributed by atoms with Gasteiger partial charge < -0.3 is 34.3 Å². The second-order valence-corrected chi connectivity index (χ2v) is 6.43. The highest BCUT2D eigenvalue weighted by molar-refractivity contribution is 14.0. The van der Waals surface area contributed by atoms with Gasteiger partial charge in [0.25, 0.3) is 0 Å². The third kappa shape index (κ3) is 5.71. The minimum Gasteiger partial charge on any atom is -0.454 e. The number of alkyl halides is 2. The summed E-state index contributed by atoms with van der Waals surface area (Å²) in [5.41, 5.74) is 1.44. The fraction of sp³-hybridized carbons (Fsp3) is 0.350. The molecule has 2 N–H and O–H groups in total. The fourth-order valence-corrected chi connectivity index (χ4v) is 3.04. The molecular formula is C20H22F2IN3O5. The van der Waals surface area contributed by atoms with Crippen molar-refractivity contribution in [2.45, 2.75) is 26.6 Å². The summed E-state index contributed by atoms with van der Waals surface area (Å²) < 4.78 is 51.5. The zero-order valence-corrected chi connectivity index (χ0v) is 19.0. The highest BCUT2D eigenvalue weighted by Gasteiger charge is 2.20. The van der Waals surface area contributed by atoms with Crippen LogP contribution in [-0.4, -0.2) is 32.7 Å². The first-order valence-corrected chi connectivity index (χ1v) is 9.40. The van der Waals surface area contributed by atoms with Crippen molar-refractivity contribution in [3.63, 3.8) is 0 Å². The Morgan fingerprint density at radius 3 is 2.39 bits per heavy atom. The smallest absolute Gasteiger partial charge is 0.387 e. The van der Waals surface area contributed by atoms with Gasteiger partial charge in [-0.1, -0.05) is 6.07 Å². The largest absolute Gasteiger partial charge is 0.454 e. The molecule has 2 aliphatic heterocycles. The lowest BCUT2D eigenvalue weighted by Crippen LogP contribution is -2.36. The van der Waals surface area contributed by atoms with E-state index in [0.29, 0.717) is 47.6 Å². The van der Waals surface area contributed by atoms with Crippen molar-refractivity contribution in [2.24, 2.45) is 4.99 Å². The van der Waals surface area contributed by atoms with Crippen LogP contribution < -0.4 is 34.3 Å². The molecule has 0 aliphatic carbocycles. The maximum absolute atomic E-state index is 12.8. The topological polar surface area (TPSA) is 82.6 Å². The molecule has 2 aromatic rings. The van der Waals surface area contributed by atoms with E-state index in [0.717, 1.165) is 5.56 Å². The van der Waals surface area contributed by atoms with Crippen molar-refractivity contribution in [2.75, 3.05) is 20.1 Å². The van der Waals surface area contributed by atoms with Crippen LogP contribution in [0.15, 0.2) is 35.3 Å². The average Bonchev–Trinajstić information content (AvgIpc) is 3.37. The molecule has 0 amide bonds. The van der Waals surface area contributed by atoms with Crippen LogP contribution in [0.3, 0.4) is 0 Å². The molecule has 2 aliphatic rings. The molecule has 8 nitrogen and oxygen atoms in total. The van der Waals surface area contributed by atoms with Gasteiger partial charge in [-0.25, -0.2) is 4.99 Å². The SMILES string of the molecule is CCNC(=NCc1ccc2c(c1)OCO2)NCc1cc2c(cc1OC(F)F)OCO2.I. The first-order chi connectivity index (χ1) is 14.6. The zero-order valence-electron chi connectivity index (χ0n) is 16.7. The predicted octanol–water partition coefficient (Wildman–Crippen LogP) is 3.62. The summed E-state index contributed by atoms with van der Waals surface area (Å²) in [6, 6.07) is 8.65. The lowest BCUT2D eigenvalue weighted by atomic mass is 10.1. The van der Waals surface area contributed by atoms with Gasteiger partial charge >= 0.3 is 6.61 Å². The maximum atomic E-state index is 12.8. The van der Waals surface area contributed by atoms with Gasteiger partial charge in [-0.2, -0.15) is 8.78 Å². The van der Waals surface area contributed by atoms with Crippen molar-refractivity contribution < 1.29 is 32.5 Å². The number of aliphatic imine (C=N–C) groups is 1. The maximum Gasteiger partial charge on any atom is 0.387 e. The molecule has 11 heteroatoms. The molecule has 168 valence electrons. The van der Waals surface area contributed by atoms with Crippen molar-refractivity contribution in [1.29, 1.82) is 0 Å². The van der Waals surface area contributed by atoms with Crippen LogP contribution in [0.1, 0.15) is 18.1 Å². The third-order valence-electron chi connectivity index (χ3n) is 4.42. The van der Waals surface area contributed by atoms with E-state index in [2.05, 4.69) is 20.4 Å². The van der Waals surface area contributed by atoms with E-state index < -0.39 is 6.61 Å². The van der Waals surface area contributed by atoms with Crippen molar-refractivity contribution in [1.82, 2.24) is 10.6 Å². The molecule has 0 aromatic heterocycles. The van der Waals surface area contributed by atoms with Crippen LogP contribution in [0, 0.1) is 0 Å². The molecule has 31 heavy (non-hydrogen) atoms. The van der Waals surface area contributed by atoms with Crippen molar-refractivity contribution in [3.8, 4) is 28.7 Å². The standard InChI is InChI=1S/C20H21F2N3O5.HI/c1-2-23-20(24-8-12-3-4-14-16(5-12)27-10-26-14)25-9-13-6-17-18(29-11-28-17)7-15(13)30-19(21)22;/h3-7,19H,2,8-11H2,1H3,(H2,23,24,25);1H. The molecule has 0 spiro atoms. The Labute approximate surface area is 194 Å².